The van der Waals surface area contributed by atoms with Crippen LogP contribution < -0.4 is 30.7 Å². The van der Waals surface area contributed by atoms with Crippen LogP contribution in [0.15, 0.2) is 126 Å². The highest BCUT2D eigenvalue weighted by molar-refractivity contribution is 5.92. The van der Waals surface area contributed by atoms with Crippen LogP contribution in [0.5, 0.6) is 11.5 Å². The summed E-state index contributed by atoms with van der Waals surface area (Å²) in [5.41, 5.74) is 6.54. The van der Waals surface area contributed by atoms with Gasteiger partial charge >= 0.3 is 11.9 Å². The second-order valence-corrected chi connectivity index (χ2v) is 36.2. The van der Waals surface area contributed by atoms with E-state index < -0.39 is 132 Å². The number of likely N-dealkylation sites (tertiary alicyclic amines) is 2. The molecule has 2 heterocycles. The van der Waals surface area contributed by atoms with E-state index in [4.69, 9.17) is 28.4 Å². The van der Waals surface area contributed by atoms with Gasteiger partial charge in [0.25, 0.3) is 11.8 Å². The highest BCUT2D eigenvalue weighted by atomic mass is 16.5. The number of amides is 8. The van der Waals surface area contributed by atoms with Crippen molar-refractivity contribution >= 4 is 59.2 Å². The van der Waals surface area contributed by atoms with E-state index in [9.17, 15) is 39.0 Å². The Balaban J connectivity index is 1.22. The molecule has 124 heavy (non-hydrogen) atoms. The monoisotopic (exact) mass is 1730 g/mol. The molecule has 4 aromatic carbocycles. The number of carboxylic acid groups (broad SMARTS) is 2. The number of allylic oxidation sites excluding steroid dienone is 2. The summed E-state index contributed by atoms with van der Waals surface area (Å²) in [6.45, 7) is 28.0. The van der Waals surface area contributed by atoms with E-state index in [1.165, 1.54) is 38.2 Å². The first-order valence-corrected chi connectivity index (χ1v) is 43.9. The average Bonchev–Trinajstić information content (AvgIpc) is 0.824. The first-order valence-electron chi connectivity index (χ1n) is 43.9. The third-order valence-corrected chi connectivity index (χ3v) is 25.0. The lowest BCUT2D eigenvalue weighted by molar-refractivity contribution is -0.922. The van der Waals surface area contributed by atoms with Crippen molar-refractivity contribution in [2.75, 3.05) is 90.9 Å². The summed E-state index contributed by atoms with van der Waals surface area (Å²) in [6, 6.07) is 24.6. The number of nitrogens with one attached hydrogen (secondary N) is 4. The number of aliphatic carboxylic acids is 2. The zero-order chi connectivity index (χ0) is 92.5. The van der Waals surface area contributed by atoms with Gasteiger partial charge in [0.05, 0.1) is 84.3 Å². The summed E-state index contributed by atoms with van der Waals surface area (Å²) in [5.74, 6) is -7.28. The first kappa shape index (κ1) is 103. The van der Waals surface area contributed by atoms with Crippen LogP contribution in [-0.4, -0.2) is 262 Å². The second kappa shape index (κ2) is 47.7. The Kier molecular flexibility index (Phi) is 39.7. The number of carbonyl (C=O) groups is 10. The molecule has 28 nitrogen and oxygen atoms in total. The zero-order valence-electron chi connectivity index (χ0n) is 78.4. The summed E-state index contributed by atoms with van der Waals surface area (Å²) >= 11 is 0. The summed E-state index contributed by atoms with van der Waals surface area (Å²) in [7, 11) is 18.8. The summed E-state index contributed by atoms with van der Waals surface area (Å²) < 4.78 is 36.8. The van der Waals surface area contributed by atoms with E-state index in [1.54, 1.807) is 93.4 Å². The maximum absolute atomic E-state index is 15.5. The number of methoxy groups -OCH3 is 5. The van der Waals surface area contributed by atoms with Crippen LogP contribution in [0.2, 0.25) is 0 Å². The standard InChI is InChI=1S/C96H144N10O18/c1-26-62(11)83(77(120-22)53-79(107)103-48-34-40-74(103)87(122-24)64(13)89(109)97-72(95(115)116)51-66-36-30-28-31-37-66)101(15)93(113)81(58(3)4)99-91(111)85(60(7)8)105(17,18)55-69-44-47-76(124-57-68-42-45-71(119-21)46-43-68)70(50-69)56-106(19,20)86(61(9)10)92(112)100-82(59(5)6)94(114)102(16)84(63(12)27-2)78(121-23)54-80(108)104-49-35-41-75(104)88(123-25)65(14)90(110)98-73(96(117)118)52-67-38-32-29-33-39-67/h28-33,36-39,42-47,50,58-61,64-65,72-75,77-78,81-82,85-88H,26-27,34-35,40-41,48-49,51-57H2,1-25H3,(H4-2,97,98,99,100,109,110,111,112,115,116,117,118)/p+2/b83-62+,84-63+/t64-,65-,72?,73?,74+,75+,77-,78-,81+,82+,85+,86+,87-,88-/m1/s1. The van der Waals surface area contributed by atoms with Crippen LogP contribution in [0.3, 0.4) is 0 Å². The predicted octanol–water partition coefficient (Wildman–Crippen LogP) is 10.8. The van der Waals surface area contributed by atoms with Gasteiger partial charge in [-0.25, -0.2) is 9.59 Å². The number of carbonyl (C=O) groups excluding carboxylic acids is 8. The highest BCUT2D eigenvalue weighted by Crippen LogP contribution is 2.36. The molecule has 686 valence electrons. The van der Waals surface area contributed by atoms with Crippen molar-refractivity contribution in [2.45, 2.75) is 254 Å². The van der Waals surface area contributed by atoms with E-state index in [2.05, 4.69) is 27.3 Å². The van der Waals surface area contributed by atoms with E-state index in [0.717, 1.165) is 39.0 Å². The van der Waals surface area contributed by atoms with Gasteiger partial charge in [0, 0.05) is 103 Å². The first-order chi connectivity index (χ1) is 58.5. The maximum atomic E-state index is 15.5. The number of rotatable bonds is 48. The molecule has 0 saturated carbocycles. The maximum Gasteiger partial charge on any atom is 0.326 e. The largest absolute Gasteiger partial charge is 0.497 e. The van der Waals surface area contributed by atoms with Gasteiger partial charge in [-0.15, -0.1) is 0 Å². The van der Waals surface area contributed by atoms with Crippen molar-refractivity contribution in [3.63, 3.8) is 0 Å². The Labute approximate surface area is 737 Å². The fourth-order valence-electron chi connectivity index (χ4n) is 18.3. The molecule has 14 atom stereocenters. The number of quaternary nitrogens is 2. The van der Waals surface area contributed by atoms with Gasteiger partial charge < -0.3 is 88.5 Å². The van der Waals surface area contributed by atoms with Crippen molar-refractivity contribution in [2.24, 2.45) is 35.5 Å². The summed E-state index contributed by atoms with van der Waals surface area (Å²) in [5, 5.41) is 32.1. The molecule has 2 aliphatic heterocycles. The molecule has 2 aliphatic rings. The lowest BCUT2D eigenvalue weighted by Gasteiger charge is -2.41. The number of ether oxygens (including phenoxy) is 6. The molecule has 28 heteroatoms. The third kappa shape index (κ3) is 27.2. The van der Waals surface area contributed by atoms with Crippen LogP contribution in [0.1, 0.15) is 176 Å². The molecule has 6 N–H and O–H groups in total. The molecule has 2 saturated heterocycles. The minimum absolute atomic E-state index is 0.0757. The van der Waals surface area contributed by atoms with Crippen LogP contribution in [0.25, 0.3) is 0 Å². The predicted molar refractivity (Wildman–Crippen MR) is 477 cm³/mol. The number of nitrogens with zero attached hydrogens (tertiary/aromatic N) is 6. The highest BCUT2D eigenvalue weighted by Gasteiger charge is 2.48. The molecule has 6 rings (SSSR count). The van der Waals surface area contributed by atoms with E-state index in [0.29, 0.717) is 81.1 Å². The molecule has 2 fully saturated rings. The third-order valence-electron chi connectivity index (χ3n) is 25.0. The minimum Gasteiger partial charge on any atom is -0.497 e. The van der Waals surface area contributed by atoms with E-state index >= 15 is 19.2 Å². The Morgan fingerprint density at radius 3 is 1.19 bits per heavy atom. The quantitative estimate of drug-likeness (QED) is 0.0224. The van der Waals surface area contributed by atoms with Crippen LogP contribution in [0, 0.1) is 35.5 Å². The Morgan fingerprint density at radius 1 is 0.476 bits per heavy atom. The van der Waals surface area contributed by atoms with Crippen LogP contribution in [0.4, 0.5) is 0 Å². The molecule has 0 bridgehead atoms. The molecule has 0 aliphatic carbocycles. The Morgan fingerprint density at radius 2 is 0.855 bits per heavy atom. The molecular formula is C96H146N10O18+2. The van der Waals surface area contributed by atoms with Gasteiger partial charge in [-0.3, -0.25) is 38.4 Å². The normalized spacial score (nSPS) is 17.8. The van der Waals surface area contributed by atoms with Gasteiger partial charge in [-0.05, 0) is 111 Å². The topological polar surface area (TPSA) is 328 Å². The van der Waals surface area contributed by atoms with E-state index in [-0.39, 0.29) is 83.3 Å². The second-order valence-electron chi connectivity index (χ2n) is 36.2. The van der Waals surface area contributed by atoms with Gasteiger partial charge in [0.1, 0.15) is 67.6 Å². The number of benzene rings is 4. The lowest BCUT2D eigenvalue weighted by atomic mass is 9.93. The molecule has 4 aromatic rings. The number of hydrogen-bond donors (Lipinski definition) is 6. The van der Waals surface area contributed by atoms with Crippen molar-refractivity contribution in [1.82, 2.24) is 40.9 Å². The van der Waals surface area contributed by atoms with Gasteiger partial charge in [-0.1, -0.05) is 167 Å². The Hall–Kier alpha value is -9.58. The zero-order valence-corrected chi connectivity index (χ0v) is 78.4. The van der Waals surface area contributed by atoms with Crippen molar-refractivity contribution in [1.29, 1.82) is 0 Å². The van der Waals surface area contributed by atoms with E-state index in [1.807, 2.05) is 160 Å². The molecule has 2 unspecified atom stereocenters. The fourth-order valence-corrected chi connectivity index (χ4v) is 18.3. The number of hydrogen-bond acceptors (Lipinski definition) is 16. The SMILES string of the molecule is CC/C(C)=C(\[C@@H](CC(=O)N1CCC[C@H]1[C@H](OC)[C@@H](C)C(=O)NC(Cc1ccccc1)C(=O)O)OC)N(C)C(=O)[C@@H](NC(=O)[C@H](C(C)C)[N+](C)(C)Cc1ccc(OCc2ccc(OC)cc2)c(C[N+](C)(C)[C@H](C(=O)N[C@H](C(=O)N(C)/C(=C(\C)CC)[C@@H](CC(=O)N2CCC[C@H]2[C@H](OC)[C@@H](C)C(=O)NC(Cc2ccccc2)C(=O)O)OC)C(C)C)C(C)C)c1)C(C)C. The summed E-state index contributed by atoms with van der Waals surface area (Å²) in [6.07, 6.45) is -0.283. The smallest absolute Gasteiger partial charge is 0.326 e. The average molecular weight is 1730 g/mol. The molecular weight excluding hydrogens is 1580 g/mol. The van der Waals surface area contributed by atoms with Gasteiger partial charge in [0.15, 0.2) is 12.1 Å². The lowest BCUT2D eigenvalue weighted by Crippen LogP contribution is -2.62. The molecule has 0 spiro atoms. The Bertz CT molecular complexity index is 4280. The van der Waals surface area contributed by atoms with Crippen molar-refractivity contribution in [3.8, 4) is 11.5 Å². The van der Waals surface area contributed by atoms with Crippen molar-refractivity contribution in [3.05, 3.63) is 153 Å². The van der Waals surface area contributed by atoms with Gasteiger partial charge in [-0.2, -0.15) is 0 Å². The van der Waals surface area contributed by atoms with Crippen LogP contribution in [-0.2, 0) is 99.4 Å². The molecule has 0 radical (unpaired) electrons. The molecule has 8 amide bonds. The summed E-state index contributed by atoms with van der Waals surface area (Å²) in [4.78, 5) is 150. The van der Waals surface area contributed by atoms with Gasteiger partial charge in [0.2, 0.25) is 35.4 Å². The fraction of sp³-hybridized carbons (Fsp3) is 0.604. The molecule has 0 aromatic heterocycles. The van der Waals surface area contributed by atoms with Crippen molar-refractivity contribution < 1.29 is 95.5 Å². The van der Waals surface area contributed by atoms with Crippen LogP contribution >= 0.6 is 0 Å². The number of likely N-dealkylation sites (N-methyl/N-ethyl adjacent to an activating group) is 4. The number of carboxylic acids is 2. The minimum atomic E-state index is -1.20.